The number of nitrogens with zero attached hydrogens (tertiary/aromatic N) is 1. The minimum atomic E-state index is -0.0173. The maximum atomic E-state index is 11.8. The third-order valence-corrected chi connectivity index (χ3v) is 4.12. The number of fused-ring (bicyclic) bond motifs is 1. The van der Waals surface area contributed by atoms with Gasteiger partial charge in [0.25, 0.3) is 5.91 Å². The molecule has 24 heavy (non-hydrogen) atoms. The lowest BCUT2D eigenvalue weighted by Gasteiger charge is -2.10. The van der Waals surface area contributed by atoms with Gasteiger partial charge in [0, 0.05) is 23.9 Å². The Bertz CT molecular complexity index is 891. The fourth-order valence-corrected chi connectivity index (χ4v) is 2.91. The van der Waals surface area contributed by atoms with Gasteiger partial charge in [0.2, 0.25) is 0 Å². The number of aromatic nitrogens is 1. The molecule has 3 aromatic rings. The fraction of sp³-hybridized carbons (Fsp3) is 0.100. The van der Waals surface area contributed by atoms with Crippen LogP contribution in [0, 0.1) is 0 Å². The van der Waals surface area contributed by atoms with Crippen molar-refractivity contribution in [3.8, 4) is 16.9 Å². The van der Waals surface area contributed by atoms with Crippen molar-refractivity contribution in [2.75, 3.05) is 0 Å². The van der Waals surface area contributed by atoms with Gasteiger partial charge in [0.05, 0.1) is 6.20 Å². The van der Waals surface area contributed by atoms with Gasteiger partial charge in [-0.2, -0.15) is 0 Å². The van der Waals surface area contributed by atoms with Gasteiger partial charge in [-0.05, 0) is 28.8 Å². The minimum Gasteiger partial charge on any atom is -0.487 e. The van der Waals surface area contributed by atoms with Crippen molar-refractivity contribution in [2.45, 2.75) is 13.2 Å². The number of carbonyl (C=O) groups excluding carboxylic acids is 1. The second-order valence-electron chi connectivity index (χ2n) is 5.70. The first kappa shape index (κ1) is 14.5. The first-order chi connectivity index (χ1) is 11.8. The Labute approximate surface area is 140 Å². The highest BCUT2D eigenvalue weighted by molar-refractivity contribution is 6.00. The van der Waals surface area contributed by atoms with Gasteiger partial charge in [-0.25, -0.2) is 0 Å². The molecular formula is C20H16N2O2. The van der Waals surface area contributed by atoms with Gasteiger partial charge in [0.15, 0.2) is 0 Å². The normalized spacial score (nSPS) is 12.6. The number of nitrogens with one attached hydrogen (secondary N) is 1. The average molecular weight is 316 g/mol. The number of ether oxygens (including phenoxy) is 1. The van der Waals surface area contributed by atoms with E-state index in [0.29, 0.717) is 18.9 Å². The molecule has 0 radical (unpaired) electrons. The van der Waals surface area contributed by atoms with Gasteiger partial charge in [0.1, 0.15) is 12.4 Å². The summed E-state index contributed by atoms with van der Waals surface area (Å²) in [5, 5.41) is 2.87. The molecule has 2 heterocycles. The molecule has 4 heteroatoms. The molecule has 0 saturated carbocycles. The zero-order valence-electron chi connectivity index (χ0n) is 13.0. The SMILES string of the molecule is O=C1NCc2c1cccc2-c1cncc(OCc2ccccc2)c1. The summed E-state index contributed by atoms with van der Waals surface area (Å²) in [7, 11) is 0. The van der Waals surface area contributed by atoms with Crippen LogP contribution >= 0.6 is 0 Å². The molecule has 0 atom stereocenters. The minimum absolute atomic E-state index is 0.0173. The van der Waals surface area contributed by atoms with Crippen LogP contribution in [-0.2, 0) is 13.2 Å². The Hall–Kier alpha value is -3.14. The van der Waals surface area contributed by atoms with Crippen LogP contribution in [0.2, 0.25) is 0 Å². The van der Waals surface area contributed by atoms with Crippen molar-refractivity contribution >= 4 is 5.91 Å². The van der Waals surface area contributed by atoms with Crippen LogP contribution in [0.15, 0.2) is 67.0 Å². The zero-order chi connectivity index (χ0) is 16.4. The summed E-state index contributed by atoms with van der Waals surface area (Å²) in [6.45, 7) is 1.05. The average Bonchev–Trinajstić information content (AvgIpc) is 3.02. The van der Waals surface area contributed by atoms with E-state index >= 15 is 0 Å². The third kappa shape index (κ3) is 2.74. The number of carbonyl (C=O) groups is 1. The second-order valence-corrected chi connectivity index (χ2v) is 5.70. The van der Waals surface area contributed by atoms with E-state index in [1.807, 2.05) is 54.6 Å². The maximum Gasteiger partial charge on any atom is 0.251 e. The van der Waals surface area contributed by atoms with Crippen molar-refractivity contribution in [1.29, 1.82) is 0 Å². The van der Waals surface area contributed by atoms with E-state index in [2.05, 4.69) is 10.3 Å². The molecule has 1 aromatic heterocycles. The maximum absolute atomic E-state index is 11.8. The van der Waals surface area contributed by atoms with Crippen LogP contribution in [0.25, 0.3) is 11.1 Å². The molecule has 4 rings (SSSR count). The number of benzene rings is 2. The molecule has 0 spiro atoms. The Morgan fingerprint density at radius 2 is 1.83 bits per heavy atom. The molecule has 0 bridgehead atoms. The molecule has 0 fully saturated rings. The van der Waals surface area contributed by atoms with E-state index in [-0.39, 0.29) is 5.91 Å². The molecule has 2 aromatic carbocycles. The monoisotopic (exact) mass is 316 g/mol. The third-order valence-electron chi connectivity index (χ3n) is 4.12. The standard InChI is InChI=1S/C20H16N2O2/c23-20-18-8-4-7-17(19(18)12-22-20)15-9-16(11-21-10-15)24-13-14-5-2-1-3-6-14/h1-11H,12-13H2,(H,22,23). The summed E-state index contributed by atoms with van der Waals surface area (Å²) < 4.78 is 5.85. The van der Waals surface area contributed by atoms with Crippen LogP contribution in [-0.4, -0.2) is 10.9 Å². The Morgan fingerprint density at radius 3 is 2.71 bits per heavy atom. The molecule has 118 valence electrons. The van der Waals surface area contributed by atoms with E-state index in [1.165, 1.54) is 0 Å². The molecule has 1 aliphatic rings. The lowest BCUT2D eigenvalue weighted by molar-refractivity contribution is 0.0966. The molecular weight excluding hydrogens is 300 g/mol. The largest absolute Gasteiger partial charge is 0.487 e. The number of rotatable bonds is 4. The summed E-state index contributed by atoms with van der Waals surface area (Å²) in [5.41, 5.74) is 4.84. The van der Waals surface area contributed by atoms with E-state index in [9.17, 15) is 4.79 Å². The predicted molar refractivity (Wildman–Crippen MR) is 91.6 cm³/mol. The smallest absolute Gasteiger partial charge is 0.251 e. The number of hydrogen-bond acceptors (Lipinski definition) is 3. The topological polar surface area (TPSA) is 51.2 Å². The summed E-state index contributed by atoms with van der Waals surface area (Å²) in [4.78, 5) is 16.1. The van der Waals surface area contributed by atoms with Crippen LogP contribution in [0.1, 0.15) is 21.5 Å². The van der Waals surface area contributed by atoms with Crippen molar-refractivity contribution < 1.29 is 9.53 Å². The quantitative estimate of drug-likeness (QED) is 0.800. The van der Waals surface area contributed by atoms with E-state index in [0.717, 1.165) is 27.8 Å². The van der Waals surface area contributed by atoms with E-state index in [4.69, 9.17) is 4.74 Å². The summed E-state index contributed by atoms with van der Waals surface area (Å²) in [6, 6.07) is 17.7. The summed E-state index contributed by atoms with van der Waals surface area (Å²) in [6.07, 6.45) is 3.51. The van der Waals surface area contributed by atoms with Gasteiger partial charge in [-0.3, -0.25) is 9.78 Å². The molecule has 1 amide bonds. The Balaban J connectivity index is 1.61. The summed E-state index contributed by atoms with van der Waals surface area (Å²) in [5.74, 6) is 0.697. The summed E-state index contributed by atoms with van der Waals surface area (Å²) >= 11 is 0. The molecule has 0 saturated heterocycles. The van der Waals surface area contributed by atoms with E-state index < -0.39 is 0 Å². The first-order valence-electron chi connectivity index (χ1n) is 7.83. The Kier molecular flexibility index (Phi) is 3.71. The van der Waals surface area contributed by atoms with Crippen molar-refractivity contribution in [3.05, 3.63) is 83.7 Å². The number of amides is 1. The highest BCUT2D eigenvalue weighted by Gasteiger charge is 2.21. The zero-order valence-corrected chi connectivity index (χ0v) is 13.0. The van der Waals surface area contributed by atoms with Crippen molar-refractivity contribution in [3.63, 3.8) is 0 Å². The van der Waals surface area contributed by atoms with Crippen LogP contribution in [0.3, 0.4) is 0 Å². The highest BCUT2D eigenvalue weighted by atomic mass is 16.5. The van der Waals surface area contributed by atoms with Gasteiger partial charge < -0.3 is 10.1 Å². The lowest BCUT2D eigenvalue weighted by Crippen LogP contribution is -2.12. The Morgan fingerprint density at radius 1 is 1.00 bits per heavy atom. The number of pyridine rings is 1. The van der Waals surface area contributed by atoms with Crippen molar-refractivity contribution in [2.24, 2.45) is 0 Å². The molecule has 0 aliphatic carbocycles. The highest BCUT2D eigenvalue weighted by Crippen LogP contribution is 2.30. The molecule has 1 aliphatic heterocycles. The predicted octanol–water partition coefficient (Wildman–Crippen LogP) is 3.57. The van der Waals surface area contributed by atoms with Crippen LogP contribution in [0.5, 0.6) is 5.75 Å². The fourth-order valence-electron chi connectivity index (χ4n) is 2.91. The van der Waals surface area contributed by atoms with Gasteiger partial charge >= 0.3 is 0 Å². The van der Waals surface area contributed by atoms with Crippen LogP contribution in [0.4, 0.5) is 0 Å². The molecule has 4 nitrogen and oxygen atoms in total. The van der Waals surface area contributed by atoms with E-state index in [1.54, 1.807) is 12.4 Å². The molecule has 1 N–H and O–H groups in total. The van der Waals surface area contributed by atoms with Gasteiger partial charge in [-0.15, -0.1) is 0 Å². The van der Waals surface area contributed by atoms with Crippen LogP contribution < -0.4 is 10.1 Å². The van der Waals surface area contributed by atoms with Crippen molar-refractivity contribution in [1.82, 2.24) is 10.3 Å². The molecule has 0 unspecified atom stereocenters. The van der Waals surface area contributed by atoms with Gasteiger partial charge in [-0.1, -0.05) is 42.5 Å². The second kappa shape index (κ2) is 6.16. The lowest BCUT2D eigenvalue weighted by atomic mass is 9.98. The number of hydrogen-bond donors (Lipinski definition) is 1. The first-order valence-corrected chi connectivity index (χ1v) is 7.83.